The third-order valence-electron chi connectivity index (χ3n) is 4.38. The second-order valence-electron chi connectivity index (χ2n) is 5.96. The van der Waals surface area contributed by atoms with E-state index in [1.54, 1.807) is 7.11 Å². The molecule has 0 fully saturated rings. The predicted molar refractivity (Wildman–Crippen MR) is 103 cm³/mol. The number of hydrogen-bond donors (Lipinski definition) is 1. The molecule has 1 N–H and O–H groups in total. The second kappa shape index (κ2) is 6.90. The van der Waals surface area contributed by atoms with Crippen molar-refractivity contribution in [3.05, 3.63) is 94.0 Å². The van der Waals surface area contributed by atoms with Crippen molar-refractivity contribution in [3.8, 4) is 5.75 Å². The van der Waals surface area contributed by atoms with E-state index in [1.807, 2.05) is 48.5 Å². The Morgan fingerprint density at radius 3 is 2.40 bits per heavy atom. The zero-order valence-electron chi connectivity index (χ0n) is 13.8. The van der Waals surface area contributed by atoms with Gasteiger partial charge in [0.1, 0.15) is 11.9 Å². The van der Waals surface area contributed by atoms with Crippen molar-refractivity contribution >= 4 is 21.6 Å². The first-order valence-electron chi connectivity index (χ1n) is 8.15. The fourth-order valence-electron chi connectivity index (χ4n) is 3.09. The summed E-state index contributed by atoms with van der Waals surface area (Å²) >= 11 is 3.57. The van der Waals surface area contributed by atoms with Gasteiger partial charge in [-0.15, -0.1) is 0 Å². The van der Waals surface area contributed by atoms with Crippen LogP contribution in [0.3, 0.4) is 0 Å². The van der Waals surface area contributed by atoms with E-state index < -0.39 is 0 Å². The van der Waals surface area contributed by atoms with Crippen LogP contribution >= 0.6 is 15.9 Å². The summed E-state index contributed by atoms with van der Waals surface area (Å²) in [6, 6.07) is 24.5. The number of benzene rings is 3. The highest BCUT2D eigenvalue weighted by Crippen LogP contribution is 2.42. The van der Waals surface area contributed by atoms with Crippen LogP contribution in [-0.2, 0) is 4.74 Å². The monoisotopic (exact) mass is 395 g/mol. The molecule has 3 aromatic carbocycles. The molecule has 0 amide bonds. The molecule has 0 bridgehead atoms. The molecule has 0 radical (unpaired) electrons. The molecule has 1 aliphatic rings. The van der Waals surface area contributed by atoms with E-state index in [0.717, 1.165) is 32.6 Å². The van der Waals surface area contributed by atoms with E-state index in [1.165, 1.54) is 0 Å². The van der Waals surface area contributed by atoms with E-state index >= 15 is 0 Å². The van der Waals surface area contributed by atoms with Gasteiger partial charge in [0.2, 0.25) is 0 Å². The molecular formula is C21H18BrNO2. The van der Waals surface area contributed by atoms with Crippen LogP contribution < -0.4 is 10.1 Å². The van der Waals surface area contributed by atoms with Crippen molar-refractivity contribution in [1.29, 1.82) is 0 Å². The number of rotatable bonds is 3. The van der Waals surface area contributed by atoms with Gasteiger partial charge in [0, 0.05) is 21.3 Å². The molecule has 3 aromatic rings. The molecule has 25 heavy (non-hydrogen) atoms. The highest BCUT2D eigenvalue weighted by Gasteiger charge is 2.29. The largest absolute Gasteiger partial charge is 0.497 e. The Morgan fingerprint density at radius 2 is 1.68 bits per heavy atom. The molecule has 0 aliphatic carbocycles. The van der Waals surface area contributed by atoms with E-state index in [0.29, 0.717) is 0 Å². The van der Waals surface area contributed by atoms with Crippen LogP contribution in [0.1, 0.15) is 29.0 Å². The summed E-state index contributed by atoms with van der Waals surface area (Å²) < 4.78 is 12.7. The number of methoxy groups -OCH3 is 1. The van der Waals surface area contributed by atoms with Crippen LogP contribution in [0.5, 0.6) is 5.75 Å². The van der Waals surface area contributed by atoms with Crippen molar-refractivity contribution < 1.29 is 9.47 Å². The summed E-state index contributed by atoms with van der Waals surface area (Å²) in [5, 5.41) is 3.49. The Bertz CT molecular complexity index is 865. The van der Waals surface area contributed by atoms with Crippen molar-refractivity contribution in [2.75, 3.05) is 12.4 Å². The number of anilines is 1. The van der Waals surface area contributed by atoms with Gasteiger partial charge in [-0.3, -0.25) is 0 Å². The number of nitrogens with one attached hydrogen (secondary N) is 1. The van der Waals surface area contributed by atoms with Gasteiger partial charge in [-0.1, -0.05) is 58.4 Å². The Hall–Kier alpha value is -2.30. The molecule has 4 rings (SSSR count). The molecule has 0 unspecified atom stereocenters. The van der Waals surface area contributed by atoms with Gasteiger partial charge in [-0.05, 0) is 35.9 Å². The minimum absolute atomic E-state index is 0.123. The van der Waals surface area contributed by atoms with E-state index in [-0.39, 0.29) is 12.3 Å². The van der Waals surface area contributed by atoms with Crippen molar-refractivity contribution in [3.63, 3.8) is 0 Å². The van der Waals surface area contributed by atoms with Gasteiger partial charge < -0.3 is 14.8 Å². The standard InChI is InChI=1S/C21H18BrNO2/c1-24-17-10-7-15(8-11-17)21-23-19-12-9-16(22)13-18(19)20(25-21)14-5-3-2-4-6-14/h2-13,20-21,23H,1H3/t20-,21+/m0/s1. The maximum atomic E-state index is 6.44. The highest BCUT2D eigenvalue weighted by molar-refractivity contribution is 9.10. The molecule has 0 aromatic heterocycles. The molecule has 1 aliphatic heterocycles. The number of halogens is 1. The molecule has 0 saturated heterocycles. The third kappa shape index (κ3) is 3.28. The van der Waals surface area contributed by atoms with Gasteiger partial charge in [0.05, 0.1) is 7.11 Å². The lowest BCUT2D eigenvalue weighted by Crippen LogP contribution is -2.25. The predicted octanol–water partition coefficient (Wildman–Crippen LogP) is 5.69. The summed E-state index contributed by atoms with van der Waals surface area (Å²) in [6.07, 6.45) is -0.341. The van der Waals surface area contributed by atoms with Crippen LogP contribution in [0.2, 0.25) is 0 Å². The summed E-state index contributed by atoms with van der Waals surface area (Å²) in [7, 11) is 1.67. The lowest BCUT2D eigenvalue weighted by molar-refractivity contribution is 0.0157. The minimum atomic E-state index is -0.218. The Morgan fingerprint density at radius 1 is 0.920 bits per heavy atom. The lowest BCUT2D eigenvalue weighted by Gasteiger charge is -2.34. The van der Waals surface area contributed by atoms with Gasteiger partial charge in [0.15, 0.2) is 6.23 Å². The Balaban J connectivity index is 1.74. The van der Waals surface area contributed by atoms with E-state index in [9.17, 15) is 0 Å². The van der Waals surface area contributed by atoms with Gasteiger partial charge in [-0.25, -0.2) is 0 Å². The topological polar surface area (TPSA) is 30.5 Å². The quantitative estimate of drug-likeness (QED) is 0.617. The molecule has 126 valence electrons. The first-order valence-corrected chi connectivity index (χ1v) is 8.94. The lowest BCUT2D eigenvalue weighted by atomic mass is 9.97. The average molecular weight is 396 g/mol. The molecule has 1 heterocycles. The summed E-state index contributed by atoms with van der Waals surface area (Å²) in [5.74, 6) is 0.837. The summed E-state index contributed by atoms with van der Waals surface area (Å²) in [5.41, 5.74) is 4.42. The van der Waals surface area contributed by atoms with Crippen molar-refractivity contribution in [2.45, 2.75) is 12.3 Å². The maximum absolute atomic E-state index is 6.44. The second-order valence-corrected chi connectivity index (χ2v) is 6.87. The smallest absolute Gasteiger partial charge is 0.155 e. The Labute approximate surface area is 155 Å². The number of ether oxygens (including phenoxy) is 2. The number of fused-ring (bicyclic) bond motifs is 1. The maximum Gasteiger partial charge on any atom is 0.155 e. The normalized spacial score (nSPS) is 19.0. The van der Waals surface area contributed by atoms with Crippen LogP contribution in [0.25, 0.3) is 0 Å². The van der Waals surface area contributed by atoms with E-state index in [2.05, 4.69) is 45.5 Å². The van der Waals surface area contributed by atoms with Gasteiger partial charge in [-0.2, -0.15) is 0 Å². The fraction of sp³-hybridized carbons (Fsp3) is 0.143. The van der Waals surface area contributed by atoms with Crippen LogP contribution in [0, 0.1) is 0 Å². The third-order valence-corrected chi connectivity index (χ3v) is 4.87. The average Bonchev–Trinajstić information content (AvgIpc) is 2.68. The molecule has 3 nitrogen and oxygen atoms in total. The zero-order valence-corrected chi connectivity index (χ0v) is 15.4. The zero-order chi connectivity index (χ0) is 17.2. The number of hydrogen-bond acceptors (Lipinski definition) is 3. The SMILES string of the molecule is COc1ccc([C@@H]2Nc3ccc(Br)cc3[C@H](c3ccccc3)O2)cc1. The van der Waals surface area contributed by atoms with Gasteiger partial charge >= 0.3 is 0 Å². The molecule has 0 saturated carbocycles. The van der Waals surface area contributed by atoms with Crippen LogP contribution in [0.4, 0.5) is 5.69 Å². The summed E-state index contributed by atoms with van der Waals surface area (Å²) in [6.45, 7) is 0. The van der Waals surface area contributed by atoms with Crippen LogP contribution in [-0.4, -0.2) is 7.11 Å². The molecule has 2 atom stereocenters. The first-order chi connectivity index (χ1) is 12.2. The minimum Gasteiger partial charge on any atom is -0.497 e. The first kappa shape index (κ1) is 16.2. The Kier molecular flexibility index (Phi) is 4.47. The summed E-state index contributed by atoms with van der Waals surface area (Å²) in [4.78, 5) is 0. The molecular weight excluding hydrogens is 378 g/mol. The van der Waals surface area contributed by atoms with Crippen molar-refractivity contribution in [1.82, 2.24) is 0 Å². The van der Waals surface area contributed by atoms with Crippen LogP contribution in [0.15, 0.2) is 77.3 Å². The van der Waals surface area contributed by atoms with Gasteiger partial charge in [0.25, 0.3) is 0 Å². The highest BCUT2D eigenvalue weighted by atomic mass is 79.9. The molecule has 0 spiro atoms. The fourth-order valence-corrected chi connectivity index (χ4v) is 3.47. The molecule has 4 heteroatoms. The van der Waals surface area contributed by atoms with E-state index in [4.69, 9.17) is 9.47 Å². The van der Waals surface area contributed by atoms with Crippen molar-refractivity contribution in [2.24, 2.45) is 0 Å².